The normalized spacial score (nSPS) is 16.0. The largest absolute Gasteiger partial charge is 0.598 e. The first kappa shape index (κ1) is 17.2. The van der Waals surface area contributed by atoms with Crippen LogP contribution in [-0.2, 0) is 17.5 Å². The molecule has 2 rings (SSSR count). The van der Waals surface area contributed by atoms with Crippen molar-refractivity contribution in [1.82, 2.24) is 4.72 Å². The summed E-state index contributed by atoms with van der Waals surface area (Å²) in [6, 6.07) is 4.66. The fourth-order valence-corrected chi connectivity index (χ4v) is 2.63. The van der Waals surface area contributed by atoms with Crippen molar-refractivity contribution in [3.63, 3.8) is 0 Å². The first-order chi connectivity index (χ1) is 9.98. The highest BCUT2D eigenvalue weighted by Gasteiger charge is 2.32. The van der Waals surface area contributed by atoms with Gasteiger partial charge in [-0.1, -0.05) is 6.07 Å². The lowest BCUT2D eigenvalue weighted by molar-refractivity contribution is -0.137. The van der Waals surface area contributed by atoms with E-state index in [9.17, 15) is 17.7 Å². The maximum absolute atomic E-state index is 12.7. The van der Waals surface area contributed by atoms with Crippen molar-refractivity contribution in [2.24, 2.45) is 0 Å². The lowest BCUT2D eigenvalue weighted by Crippen LogP contribution is -2.40. The summed E-state index contributed by atoms with van der Waals surface area (Å²) in [5.74, 6) is 0.451. The molecule has 7 heteroatoms. The number of alkyl halides is 3. The van der Waals surface area contributed by atoms with Gasteiger partial charge in [-0.3, -0.25) is 0 Å². The Bertz CT molecular complexity index is 661. The zero-order valence-electron chi connectivity index (χ0n) is 12.7. The second kappa shape index (κ2) is 5.79. The van der Waals surface area contributed by atoms with Crippen LogP contribution in [0.5, 0.6) is 0 Å². The topological polar surface area (TPSA) is 48.2 Å². The molecule has 1 N–H and O–H groups in total. The number of nitrogens with one attached hydrogen (secondary N) is 1. The molecule has 0 amide bonds. The molecule has 0 saturated heterocycles. The molecule has 1 aromatic heterocycles. The molecule has 0 aliphatic heterocycles. The first-order valence-corrected chi connectivity index (χ1v) is 7.92. The van der Waals surface area contributed by atoms with Gasteiger partial charge in [0.25, 0.3) is 0 Å². The standard InChI is InChI=1S/C15H18F3NO2S/c1-9(19-22(20)14(2,3)4)12-7-10-5-6-11(15(16,17)18)8-13(10)21-12/h5-9,19H,1-4H3/t9-,22+/m1/s1. The third-order valence-electron chi connectivity index (χ3n) is 3.13. The van der Waals surface area contributed by atoms with Gasteiger partial charge in [0.2, 0.25) is 0 Å². The minimum Gasteiger partial charge on any atom is -0.598 e. The van der Waals surface area contributed by atoms with Crippen molar-refractivity contribution in [3.8, 4) is 0 Å². The van der Waals surface area contributed by atoms with Crippen molar-refractivity contribution in [3.05, 3.63) is 35.6 Å². The van der Waals surface area contributed by atoms with E-state index >= 15 is 0 Å². The van der Waals surface area contributed by atoms with Gasteiger partial charge in [0.1, 0.15) is 22.1 Å². The van der Waals surface area contributed by atoms with Gasteiger partial charge in [-0.05, 0) is 45.9 Å². The number of hydrogen-bond acceptors (Lipinski definition) is 3. The Hall–Kier alpha value is -1.18. The Morgan fingerprint density at radius 3 is 2.36 bits per heavy atom. The van der Waals surface area contributed by atoms with Crippen LogP contribution >= 0.6 is 0 Å². The Morgan fingerprint density at radius 2 is 1.82 bits per heavy atom. The highest BCUT2D eigenvalue weighted by Crippen LogP contribution is 2.33. The van der Waals surface area contributed by atoms with E-state index in [1.807, 2.05) is 20.8 Å². The SMILES string of the molecule is C[C@@H](N[S@@+]([O-])C(C)(C)C)c1cc2ccc(C(F)(F)F)cc2o1. The van der Waals surface area contributed by atoms with Crippen molar-refractivity contribution < 1.29 is 22.1 Å². The number of benzene rings is 1. The van der Waals surface area contributed by atoms with E-state index in [0.29, 0.717) is 11.1 Å². The Morgan fingerprint density at radius 1 is 1.18 bits per heavy atom. The molecule has 2 aromatic rings. The first-order valence-electron chi connectivity index (χ1n) is 6.77. The zero-order valence-corrected chi connectivity index (χ0v) is 13.6. The van der Waals surface area contributed by atoms with Crippen molar-refractivity contribution >= 4 is 22.3 Å². The number of fused-ring (bicyclic) bond motifs is 1. The van der Waals surface area contributed by atoms with Crippen molar-refractivity contribution in [1.29, 1.82) is 0 Å². The molecule has 0 saturated carbocycles. The lowest BCUT2D eigenvalue weighted by atomic mass is 10.1. The van der Waals surface area contributed by atoms with Crippen LogP contribution in [0.2, 0.25) is 0 Å². The fraction of sp³-hybridized carbons (Fsp3) is 0.467. The Balaban J connectivity index is 2.26. The van der Waals surface area contributed by atoms with E-state index in [-0.39, 0.29) is 11.6 Å². The molecule has 0 spiro atoms. The van der Waals surface area contributed by atoms with E-state index in [0.717, 1.165) is 12.1 Å². The third kappa shape index (κ3) is 3.77. The summed E-state index contributed by atoms with van der Waals surface area (Å²) in [6.07, 6.45) is -4.40. The molecule has 1 aromatic carbocycles. The summed E-state index contributed by atoms with van der Waals surface area (Å²) < 4.78 is 58.1. The molecule has 122 valence electrons. The van der Waals surface area contributed by atoms with Crippen LogP contribution in [0.25, 0.3) is 11.0 Å². The van der Waals surface area contributed by atoms with Gasteiger partial charge in [-0.15, -0.1) is 4.72 Å². The molecular weight excluding hydrogens is 315 g/mol. The molecule has 2 atom stereocenters. The van der Waals surface area contributed by atoms with Gasteiger partial charge in [-0.25, -0.2) is 0 Å². The van der Waals surface area contributed by atoms with Crippen molar-refractivity contribution in [2.75, 3.05) is 0 Å². The molecule has 1 heterocycles. The van der Waals surface area contributed by atoms with Gasteiger partial charge < -0.3 is 8.97 Å². The van der Waals surface area contributed by atoms with E-state index in [1.165, 1.54) is 6.07 Å². The van der Waals surface area contributed by atoms with E-state index in [2.05, 4.69) is 4.72 Å². The van der Waals surface area contributed by atoms with E-state index in [1.54, 1.807) is 13.0 Å². The predicted molar refractivity (Wildman–Crippen MR) is 80.7 cm³/mol. The minimum absolute atomic E-state index is 0.167. The summed E-state index contributed by atoms with van der Waals surface area (Å²) in [5, 5.41) is 0.582. The zero-order chi connectivity index (χ0) is 16.7. The van der Waals surface area contributed by atoms with Gasteiger partial charge >= 0.3 is 6.18 Å². The van der Waals surface area contributed by atoms with Gasteiger partial charge in [0, 0.05) is 16.7 Å². The maximum atomic E-state index is 12.7. The summed E-state index contributed by atoms with van der Waals surface area (Å²) in [7, 11) is 0. The van der Waals surface area contributed by atoms with Crippen LogP contribution in [0.15, 0.2) is 28.7 Å². The minimum atomic E-state index is -4.40. The number of halogens is 3. The Kier molecular flexibility index (Phi) is 4.52. The fourth-order valence-electron chi connectivity index (χ4n) is 1.84. The van der Waals surface area contributed by atoms with Gasteiger partial charge in [0.05, 0.1) is 5.56 Å². The molecule has 0 aliphatic carbocycles. The van der Waals surface area contributed by atoms with Crippen LogP contribution < -0.4 is 4.72 Å². The molecule has 3 nitrogen and oxygen atoms in total. The average molecular weight is 333 g/mol. The van der Waals surface area contributed by atoms with Crippen LogP contribution in [0.4, 0.5) is 13.2 Å². The average Bonchev–Trinajstić information content (AvgIpc) is 2.79. The maximum Gasteiger partial charge on any atom is 0.416 e. The molecule has 0 aliphatic rings. The van der Waals surface area contributed by atoms with E-state index in [4.69, 9.17) is 4.42 Å². The number of rotatable bonds is 3. The van der Waals surface area contributed by atoms with Crippen LogP contribution in [0, 0.1) is 0 Å². The number of furan rings is 1. The van der Waals surface area contributed by atoms with Crippen LogP contribution in [0.1, 0.15) is 45.1 Å². The smallest absolute Gasteiger partial charge is 0.416 e. The predicted octanol–water partition coefficient (Wildman–Crippen LogP) is 4.56. The molecule has 0 fully saturated rings. The molecule has 0 unspecified atom stereocenters. The second-order valence-electron chi connectivity index (χ2n) is 6.12. The third-order valence-corrected chi connectivity index (χ3v) is 4.81. The highest BCUT2D eigenvalue weighted by atomic mass is 32.2. The quantitative estimate of drug-likeness (QED) is 0.837. The van der Waals surface area contributed by atoms with Crippen LogP contribution in [0.3, 0.4) is 0 Å². The molecule has 0 bridgehead atoms. The van der Waals surface area contributed by atoms with Crippen LogP contribution in [-0.4, -0.2) is 9.30 Å². The lowest BCUT2D eigenvalue weighted by Gasteiger charge is -2.25. The summed E-state index contributed by atoms with van der Waals surface area (Å²) in [4.78, 5) is 0. The molecular formula is C15H18F3NO2S. The number of hydrogen-bond donors (Lipinski definition) is 1. The van der Waals surface area contributed by atoms with Gasteiger partial charge in [0.15, 0.2) is 0 Å². The molecule has 22 heavy (non-hydrogen) atoms. The molecule has 0 radical (unpaired) electrons. The van der Waals surface area contributed by atoms with E-state index < -0.39 is 27.8 Å². The summed E-state index contributed by atoms with van der Waals surface area (Å²) in [5.41, 5.74) is -0.584. The highest BCUT2D eigenvalue weighted by molar-refractivity contribution is 7.90. The summed E-state index contributed by atoms with van der Waals surface area (Å²) in [6.45, 7) is 7.25. The monoisotopic (exact) mass is 333 g/mol. The summed E-state index contributed by atoms with van der Waals surface area (Å²) >= 11 is -1.30. The van der Waals surface area contributed by atoms with Crippen molar-refractivity contribution in [2.45, 2.75) is 44.7 Å². The van der Waals surface area contributed by atoms with Gasteiger partial charge in [-0.2, -0.15) is 13.2 Å². The Labute approximate surface area is 130 Å². The second-order valence-corrected chi connectivity index (χ2v) is 8.12.